The van der Waals surface area contributed by atoms with Crippen LogP contribution in [0, 0.1) is 0 Å². The molecule has 0 saturated carbocycles. The number of piperidine rings is 1. The second-order valence-corrected chi connectivity index (χ2v) is 6.42. The van der Waals surface area contributed by atoms with Crippen LogP contribution < -0.4 is 14.8 Å². The minimum Gasteiger partial charge on any atom is -0.493 e. The number of urea groups is 1. The SMILES string of the molecule is COc1ccc(-c2noc([C@H](C)NC(=O)N3CCC(O)CC3)n2)cc1OC. The molecule has 27 heavy (non-hydrogen) atoms. The molecule has 9 heteroatoms. The highest BCUT2D eigenvalue weighted by Gasteiger charge is 2.24. The van der Waals surface area contributed by atoms with E-state index in [1.165, 1.54) is 0 Å². The van der Waals surface area contributed by atoms with Crippen molar-refractivity contribution in [2.45, 2.75) is 31.9 Å². The first-order valence-electron chi connectivity index (χ1n) is 8.81. The second kappa shape index (κ2) is 8.26. The molecule has 146 valence electrons. The standard InChI is InChI=1S/C18H24N4O5/c1-11(19-18(24)22-8-6-13(23)7-9-22)17-20-16(21-27-17)12-4-5-14(25-2)15(10-12)26-3/h4-5,10-11,13,23H,6-9H2,1-3H3,(H,19,24)/t11-/m0/s1. The molecule has 0 bridgehead atoms. The predicted molar refractivity (Wildman–Crippen MR) is 96.6 cm³/mol. The van der Waals surface area contributed by atoms with Crippen LogP contribution in [-0.2, 0) is 0 Å². The Morgan fingerprint density at radius 1 is 1.30 bits per heavy atom. The number of aromatic nitrogens is 2. The van der Waals surface area contributed by atoms with E-state index in [-0.39, 0.29) is 12.1 Å². The summed E-state index contributed by atoms with van der Waals surface area (Å²) in [6.45, 7) is 2.84. The Labute approximate surface area is 157 Å². The Balaban J connectivity index is 1.67. The van der Waals surface area contributed by atoms with Gasteiger partial charge in [0.2, 0.25) is 11.7 Å². The summed E-state index contributed by atoms with van der Waals surface area (Å²) in [4.78, 5) is 18.4. The van der Waals surface area contributed by atoms with Crippen molar-refractivity contribution in [3.05, 3.63) is 24.1 Å². The van der Waals surface area contributed by atoms with Gasteiger partial charge in [0.25, 0.3) is 0 Å². The van der Waals surface area contributed by atoms with E-state index in [1.54, 1.807) is 44.2 Å². The minimum absolute atomic E-state index is 0.208. The van der Waals surface area contributed by atoms with Gasteiger partial charge in [-0.15, -0.1) is 0 Å². The van der Waals surface area contributed by atoms with Crippen LogP contribution in [0.1, 0.15) is 31.7 Å². The molecule has 2 aromatic rings. The van der Waals surface area contributed by atoms with Crippen molar-refractivity contribution >= 4 is 6.03 Å². The van der Waals surface area contributed by atoms with Crippen molar-refractivity contribution in [1.29, 1.82) is 0 Å². The molecule has 1 saturated heterocycles. The summed E-state index contributed by atoms with van der Waals surface area (Å²) in [6.07, 6.45) is 0.851. The van der Waals surface area contributed by atoms with Gasteiger partial charge in [-0.3, -0.25) is 0 Å². The molecule has 1 atom stereocenters. The van der Waals surface area contributed by atoms with Crippen LogP contribution in [0.5, 0.6) is 11.5 Å². The number of methoxy groups -OCH3 is 2. The molecule has 1 aromatic heterocycles. The number of amides is 2. The number of carbonyl (C=O) groups excluding carboxylic acids is 1. The van der Waals surface area contributed by atoms with Gasteiger partial charge in [0.1, 0.15) is 6.04 Å². The summed E-state index contributed by atoms with van der Waals surface area (Å²) in [5, 5.41) is 16.4. The summed E-state index contributed by atoms with van der Waals surface area (Å²) in [6, 6.07) is 4.68. The maximum Gasteiger partial charge on any atom is 0.318 e. The van der Waals surface area contributed by atoms with E-state index >= 15 is 0 Å². The molecule has 1 fully saturated rings. The Hall–Kier alpha value is -2.81. The second-order valence-electron chi connectivity index (χ2n) is 6.42. The average Bonchev–Trinajstić information content (AvgIpc) is 3.18. The summed E-state index contributed by atoms with van der Waals surface area (Å²) < 4.78 is 15.8. The number of nitrogens with one attached hydrogen (secondary N) is 1. The van der Waals surface area contributed by atoms with E-state index < -0.39 is 6.04 Å². The van der Waals surface area contributed by atoms with Crippen LogP contribution in [0.3, 0.4) is 0 Å². The highest BCUT2D eigenvalue weighted by atomic mass is 16.5. The van der Waals surface area contributed by atoms with Crippen LogP contribution in [0.25, 0.3) is 11.4 Å². The normalized spacial score (nSPS) is 16.1. The first kappa shape index (κ1) is 19.0. The van der Waals surface area contributed by atoms with Crippen molar-refractivity contribution in [2.24, 2.45) is 0 Å². The highest BCUT2D eigenvalue weighted by Crippen LogP contribution is 2.31. The number of rotatable bonds is 5. The monoisotopic (exact) mass is 376 g/mol. The van der Waals surface area contributed by atoms with Gasteiger partial charge < -0.3 is 29.3 Å². The topological polar surface area (TPSA) is 110 Å². The van der Waals surface area contributed by atoms with E-state index in [4.69, 9.17) is 14.0 Å². The summed E-state index contributed by atoms with van der Waals surface area (Å²) in [5.41, 5.74) is 0.714. The van der Waals surface area contributed by atoms with E-state index in [9.17, 15) is 9.90 Å². The lowest BCUT2D eigenvalue weighted by atomic mass is 10.1. The van der Waals surface area contributed by atoms with Gasteiger partial charge in [-0.2, -0.15) is 4.98 Å². The zero-order chi connectivity index (χ0) is 19.4. The molecule has 1 aromatic carbocycles. The quantitative estimate of drug-likeness (QED) is 0.821. The van der Waals surface area contributed by atoms with Crippen LogP contribution in [0.2, 0.25) is 0 Å². The van der Waals surface area contributed by atoms with Gasteiger partial charge in [-0.25, -0.2) is 4.79 Å². The highest BCUT2D eigenvalue weighted by molar-refractivity contribution is 5.74. The van der Waals surface area contributed by atoms with Crippen LogP contribution in [0.4, 0.5) is 4.79 Å². The number of aliphatic hydroxyl groups is 1. The fourth-order valence-electron chi connectivity index (χ4n) is 2.91. The Morgan fingerprint density at radius 2 is 2.00 bits per heavy atom. The largest absolute Gasteiger partial charge is 0.493 e. The molecule has 0 spiro atoms. The molecular formula is C18H24N4O5. The number of hydrogen-bond donors (Lipinski definition) is 2. The Bertz CT molecular complexity index is 786. The molecule has 1 aliphatic rings. The number of likely N-dealkylation sites (tertiary alicyclic amines) is 1. The molecular weight excluding hydrogens is 352 g/mol. The fourth-order valence-corrected chi connectivity index (χ4v) is 2.91. The molecule has 2 amide bonds. The number of hydrogen-bond acceptors (Lipinski definition) is 7. The van der Waals surface area contributed by atoms with Crippen molar-refractivity contribution in [1.82, 2.24) is 20.4 Å². The Kier molecular flexibility index (Phi) is 5.80. The molecule has 0 radical (unpaired) electrons. The molecule has 0 unspecified atom stereocenters. The number of benzene rings is 1. The zero-order valence-electron chi connectivity index (χ0n) is 15.6. The molecule has 2 N–H and O–H groups in total. The minimum atomic E-state index is -0.439. The van der Waals surface area contributed by atoms with Gasteiger partial charge in [-0.1, -0.05) is 5.16 Å². The maximum absolute atomic E-state index is 12.3. The van der Waals surface area contributed by atoms with E-state index in [0.717, 1.165) is 0 Å². The number of nitrogens with zero attached hydrogens (tertiary/aromatic N) is 3. The smallest absolute Gasteiger partial charge is 0.318 e. The van der Waals surface area contributed by atoms with Crippen molar-refractivity contribution in [3.63, 3.8) is 0 Å². The van der Waals surface area contributed by atoms with Crippen molar-refractivity contribution in [3.8, 4) is 22.9 Å². The molecule has 1 aliphatic heterocycles. The van der Waals surface area contributed by atoms with Crippen LogP contribution in [-0.4, -0.2) is 59.6 Å². The first-order valence-corrected chi connectivity index (χ1v) is 8.81. The third-order valence-corrected chi connectivity index (χ3v) is 4.55. The van der Waals surface area contributed by atoms with Gasteiger partial charge in [0.05, 0.1) is 20.3 Å². The van der Waals surface area contributed by atoms with Crippen molar-refractivity contribution < 1.29 is 23.9 Å². The van der Waals surface area contributed by atoms with Crippen LogP contribution in [0.15, 0.2) is 22.7 Å². The van der Waals surface area contributed by atoms with Gasteiger partial charge >= 0.3 is 6.03 Å². The maximum atomic E-state index is 12.3. The van der Waals surface area contributed by atoms with E-state index in [0.29, 0.717) is 54.7 Å². The third-order valence-electron chi connectivity index (χ3n) is 4.55. The average molecular weight is 376 g/mol. The lowest BCUT2D eigenvalue weighted by Gasteiger charge is -2.30. The van der Waals surface area contributed by atoms with E-state index in [1.807, 2.05) is 0 Å². The predicted octanol–water partition coefficient (Wildman–Crippen LogP) is 1.98. The van der Waals surface area contributed by atoms with Crippen LogP contribution >= 0.6 is 0 Å². The summed E-state index contributed by atoms with van der Waals surface area (Å²) in [5.74, 6) is 1.88. The fraction of sp³-hybridized carbons (Fsp3) is 0.500. The van der Waals surface area contributed by atoms with Gasteiger partial charge in [0.15, 0.2) is 11.5 Å². The summed E-state index contributed by atoms with van der Waals surface area (Å²) in [7, 11) is 3.12. The Morgan fingerprint density at radius 3 is 2.67 bits per heavy atom. The number of aliphatic hydroxyl groups excluding tert-OH is 1. The molecule has 2 heterocycles. The lowest BCUT2D eigenvalue weighted by molar-refractivity contribution is 0.0926. The third kappa shape index (κ3) is 4.30. The zero-order valence-corrected chi connectivity index (χ0v) is 15.6. The van der Waals surface area contributed by atoms with Gasteiger partial charge in [0, 0.05) is 18.7 Å². The number of carbonyl (C=O) groups is 1. The van der Waals surface area contributed by atoms with Gasteiger partial charge in [-0.05, 0) is 38.0 Å². The van der Waals surface area contributed by atoms with E-state index in [2.05, 4.69) is 15.5 Å². The molecule has 9 nitrogen and oxygen atoms in total. The van der Waals surface area contributed by atoms with Crippen molar-refractivity contribution in [2.75, 3.05) is 27.3 Å². The first-order chi connectivity index (χ1) is 13.0. The molecule has 0 aliphatic carbocycles. The number of ether oxygens (including phenoxy) is 2. The lowest BCUT2D eigenvalue weighted by Crippen LogP contribution is -2.46. The summed E-state index contributed by atoms with van der Waals surface area (Å²) >= 11 is 0. The molecule has 3 rings (SSSR count).